The molecule has 1 aromatic heterocycles. The van der Waals surface area contributed by atoms with Crippen molar-refractivity contribution in [1.82, 2.24) is 15.2 Å². The van der Waals surface area contributed by atoms with Crippen molar-refractivity contribution in [3.8, 4) is 0 Å². The molecule has 130 valence electrons. The number of aromatic nitrogens is 1. The lowest BCUT2D eigenvalue weighted by molar-refractivity contribution is 0.134. The van der Waals surface area contributed by atoms with Crippen molar-refractivity contribution in [2.24, 2.45) is 0 Å². The molecule has 1 N–H and O–H groups in total. The highest BCUT2D eigenvalue weighted by Gasteiger charge is 2.38. The number of piperidine rings is 1. The molecule has 1 aliphatic heterocycles. The van der Waals surface area contributed by atoms with E-state index in [1.54, 1.807) is 0 Å². The van der Waals surface area contributed by atoms with Gasteiger partial charge in [-0.3, -0.25) is 4.90 Å². The number of thiazole rings is 1. The van der Waals surface area contributed by atoms with Crippen LogP contribution in [0.4, 0.5) is 0 Å². The summed E-state index contributed by atoms with van der Waals surface area (Å²) in [6.07, 6.45) is 2.24. The summed E-state index contributed by atoms with van der Waals surface area (Å²) in [7, 11) is 2.09. The quantitative estimate of drug-likeness (QED) is 0.904. The summed E-state index contributed by atoms with van der Waals surface area (Å²) in [5.41, 5.74) is 2.78. The number of nitrogens with one attached hydrogen (secondary N) is 1. The predicted octanol–water partition coefficient (Wildman–Crippen LogP) is 4.15. The molecule has 2 heterocycles. The zero-order valence-corrected chi connectivity index (χ0v) is 16.1. The van der Waals surface area contributed by atoms with Crippen molar-refractivity contribution in [2.75, 3.05) is 20.1 Å². The van der Waals surface area contributed by atoms with Gasteiger partial charge in [0.25, 0.3) is 0 Å². The van der Waals surface area contributed by atoms with Gasteiger partial charge in [0.1, 0.15) is 5.01 Å². The number of likely N-dealkylation sites (tertiary alicyclic amines) is 1. The van der Waals surface area contributed by atoms with E-state index in [0.717, 1.165) is 32.5 Å². The molecular weight excluding hydrogens is 314 g/mol. The Morgan fingerprint density at radius 3 is 2.38 bits per heavy atom. The van der Waals surface area contributed by atoms with Crippen molar-refractivity contribution in [1.29, 1.82) is 0 Å². The van der Waals surface area contributed by atoms with E-state index in [1.165, 1.54) is 16.3 Å². The van der Waals surface area contributed by atoms with E-state index in [4.69, 9.17) is 4.98 Å². The van der Waals surface area contributed by atoms with Gasteiger partial charge in [0.2, 0.25) is 0 Å². The molecule has 1 fully saturated rings. The van der Waals surface area contributed by atoms with E-state index in [-0.39, 0.29) is 11.0 Å². The first kappa shape index (κ1) is 17.6. The molecule has 0 aliphatic carbocycles. The van der Waals surface area contributed by atoms with E-state index in [1.807, 2.05) is 11.3 Å². The van der Waals surface area contributed by atoms with Crippen LogP contribution in [0, 0.1) is 0 Å². The van der Waals surface area contributed by atoms with Gasteiger partial charge in [-0.15, -0.1) is 11.3 Å². The molecule has 3 nitrogen and oxygen atoms in total. The highest BCUT2D eigenvalue weighted by atomic mass is 32.1. The van der Waals surface area contributed by atoms with E-state index >= 15 is 0 Å². The average molecular weight is 344 g/mol. The van der Waals surface area contributed by atoms with Crippen LogP contribution in [0.15, 0.2) is 35.7 Å². The van der Waals surface area contributed by atoms with E-state index in [9.17, 15) is 0 Å². The lowest BCUT2D eigenvalue weighted by atomic mass is 9.87. The fourth-order valence-corrected chi connectivity index (χ4v) is 4.66. The molecule has 0 unspecified atom stereocenters. The highest BCUT2D eigenvalue weighted by molar-refractivity contribution is 7.09. The zero-order valence-electron chi connectivity index (χ0n) is 15.3. The second-order valence-electron chi connectivity index (χ2n) is 7.88. The first-order valence-electron chi connectivity index (χ1n) is 8.85. The molecule has 1 aromatic carbocycles. The predicted molar refractivity (Wildman–Crippen MR) is 103 cm³/mol. The maximum Gasteiger partial charge on any atom is 0.113 e. The third-order valence-corrected chi connectivity index (χ3v) is 6.17. The normalized spacial score (nSPS) is 18.7. The van der Waals surface area contributed by atoms with Crippen molar-refractivity contribution >= 4 is 11.3 Å². The molecule has 0 spiro atoms. The summed E-state index contributed by atoms with van der Waals surface area (Å²) in [5, 5.41) is 7.10. The third kappa shape index (κ3) is 3.71. The molecule has 0 atom stereocenters. The van der Waals surface area contributed by atoms with Crippen LogP contribution < -0.4 is 5.32 Å². The molecule has 0 bridgehead atoms. The topological polar surface area (TPSA) is 28.2 Å². The minimum atomic E-state index is 0.0430. The van der Waals surface area contributed by atoms with Gasteiger partial charge in [-0.2, -0.15) is 0 Å². The van der Waals surface area contributed by atoms with Gasteiger partial charge in [-0.1, -0.05) is 51.1 Å². The van der Waals surface area contributed by atoms with Crippen molar-refractivity contribution in [3.05, 3.63) is 52.0 Å². The van der Waals surface area contributed by atoms with Gasteiger partial charge in [0.15, 0.2) is 0 Å². The Bertz CT molecular complexity index is 649. The second-order valence-corrected chi connectivity index (χ2v) is 8.74. The second kappa shape index (κ2) is 6.95. The Balaban J connectivity index is 1.69. The molecule has 4 heteroatoms. The molecule has 0 amide bonds. The lowest BCUT2D eigenvalue weighted by Crippen LogP contribution is -2.49. The first-order chi connectivity index (χ1) is 11.4. The molecule has 2 aromatic rings. The summed E-state index contributed by atoms with van der Waals surface area (Å²) in [6, 6.07) is 10.8. The van der Waals surface area contributed by atoms with Gasteiger partial charge in [-0.05, 0) is 25.5 Å². The Morgan fingerprint density at radius 2 is 1.83 bits per heavy atom. The van der Waals surface area contributed by atoms with Gasteiger partial charge in [-0.25, -0.2) is 4.98 Å². The van der Waals surface area contributed by atoms with Crippen LogP contribution >= 0.6 is 11.3 Å². The van der Waals surface area contributed by atoms with Crippen LogP contribution in [-0.2, 0) is 17.5 Å². The summed E-state index contributed by atoms with van der Waals surface area (Å²) in [4.78, 5) is 7.55. The minimum Gasteiger partial charge on any atom is -0.308 e. The Hall–Kier alpha value is -1.23. The fraction of sp³-hybridized carbons (Fsp3) is 0.550. The SMILES string of the molecule is CNC1(c2nc(C(C)(C)C)cs2)CCN(Cc2ccccc2)CC1. The van der Waals surface area contributed by atoms with Crippen LogP contribution in [0.1, 0.15) is 49.9 Å². The van der Waals surface area contributed by atoms with Gasteiger partial charge < -0.3 is 5.32 Å². The fourth-order valence-electron chi connectivity index (χ4n) is 3.34. The maximum atomic E-state index is 4.99. The lowest BCUT2D eigenvalue weighted by Gasteiger charge is -2.40. The van der Waals surface area contributed by atoms with Crippen molar-refractivity contribution in [2.45, 2.75) is 51.1 Å². The number of rotatable bonds is 4. The molecule has 0 radical (unpaired) electrons. The minimum absolute atomic E-state index is 0.0430. The van der Waals surface area contributed by atoms with Crippen LogP contribution in [0.3, 0.4) is 0 Å². The van der Waals surface area contributed by atoms with Crippen LogP contribution in [0.2, 0.25) is 0 Å². The van der Waals surface area contributed by atoms with Crippen molar-refractivity contribution < 1.29 is 0 Å². The van der Waals surface area contributed by atoms with E-state index < -0.39 is 0 Å². The van der Waals surface area contributed by atoms with E-state index in [2.05, 4.69) is 73.7 Å². The first-order valence-corrected chi connectivity index (χ1v) is 9.73. The molecule has 24 heavy (non-hydrogen) atoms. The third-order valence-electron chi connectivity index (χ3n) is 5.12. The standard InChI is InChI=1S/C20H29N3S/c1-19(2,3)17-15-24-18(22-17)20(21-4)10-12-23(13-11-20)14-16-8-6-5-7-9-16/h5-9,15,21H,10-14H2,1-4H3. The van der Waals surface area contributed by atoms with E-state index in [0.29, 0.717) is 0 Å². The molecule has 0 saturated carbocycles. The molecule has 3 rings (SSSR count). The van der Waals surface area contributed by atoms with Crippen LogP contribution in [-0.4, -0.2) is 30.0 Å². The number of hydrogen-bond donors (Lipinski definition) is 1. The van der Waals surface area contributed by atoms with Gasteiger partial charge in [0, 0.05) is 30.4 Å². The number of benzene rings is 1. The molecular formula is C20H29N3S. The van der Waals surface area contributed by atoms with Gasteiger partial charge >= 0.3 is 0 Å². The average Bonchev–Trinajstić information content (AvgIpc) is 3.08. The zero-order chi connectivity index (χ0) is 17.2. The molecule has 1 saturated heterocycles. The summed E-state index contributed by atoms with van der Waals surface area (Å²) in [6.45, 7) is 9.98. The van der Waals surface area contributed by atoms with Crippen molar-refractivity contribution in [3.63, 3.8) is 0 Å². The largest absolute Gasteiger partial charge is 0.308 e. The van der Waals surface area contributed by atoms with Crippen LogP contribution in [0.5, 0.6) is 0 Å². The Labute approximate surface area is 150 Å². The highest BCUT2D eigenvalue weighted by Crippen LogP contribution is 2.36. The number of nitrogens with zero attached hydrogens (tertiary/aromatic N) is 2. The Kier molecular flexibility index (Phi) is 5.09. The monoisotopic (exact) mass is 343 g/mol. The van der Waals surface area contributed by atoms with Crippen LogP contribution in [0.25, 0.3) is 0 Å². The smallest absolute Gasteiger partial charge is 0.113 e. The summed E-state index contributed by atoms with van der Waals surface area (Å²) < 4.78 is 0. The Morgan fingerprint density at radius 1 is 1.17 bits per heavy atom. The molecule has 1 aliphatic rings. The summed E-state index contributed by atoms with van der Waals surface area (Å²) in [5.74, 6) is 0. The maximum absolute atomic E-state index is 4.99. The summed E-state index contributed by atoms with van der Waals surface area (Å²) >= 11 is 1.82. The van der Waals surface area contributed by atoms with Gasteiger partial charge in [0.05, 0.1) is 11.2 Å². The number of hydrogen-bond acceptors (Lipinski definition) is 4.